The minimum absolute atomic E-state index is 0.172. The molecule has 0 unspecified atom stereocenters. The molecule has 0 radical (unpaired) electrons. The summed E-state index contributed by atoms with van der Waals surface area (Å²) in [6.07, 6.45) is 0. The molecule has 0 spiro atoms. The second-order valence-corrected chi connectivity index (χ2v) is 5.41. The van der Waals surface area contributed by atoms with Crippen LogP contribution in [0.1, 0.15) is 23.2 Å². The summed E-state index contributed by atoms with van der Waals surface area (Å²) < 4.78 is 20.4. The number of hydrogen-bond donors (Lipinski definition) is 0. The zero-order valence-electron chi connectivity index (χ0n) is 14.7. The quantitative estimate of drug-likeness (QED) is 0.483. The first-order chi connectivity index (χ1) is 13.1. The fraction of sp³-hybridized carbons (Fsp3) is 0.158. The molecule has 3 aromatic rings. The highest BCUT2D eigenvalue weighted by Crippen LogP contribution is 2.28. The van der Waals surface area contributed by atoms with E-state index < -0.39 is 11.9 Å². The molecular weight excluding hydrogens is 352 g/mol. The van der Waals surface area contributed by atoms with Crippen molar-refractivity contribution in [3.05, 3.63) is 60.0 Å². The second-order valence-electron chi connectivity index (χ2n) is 5.41. The van der Waals surface area contributed by atoms with Gasteiger partial charge in [-0.25, -0.2) is 4.79 Å². The summed E-state index contributed by atoms with van der Waals surface area (Å²) in [5.41, 5.74) is 1.02. The highest BCUT2D eigenvalue weighted by Gasteiger charge is 2.15. The number of benzene rings is 2. The zero-order valence-corrected chi connectivity index (χ0v) is 14.7. The molecule has 1 aromatic heterocycles. The van der Waals surface area contributed by atoms with Crippen molar-refractivity contribution >= 4 is 11.9 Å². The van der Waals surface area contributed by atoms with Crippen molar-refractivity contribution in [1.29, 1.82) is 0 Å². The third kappa shape index (κ3) is 4.49. The number of ether oxygens (including phenoxy) is 3. The minimum Gasteiger partial charge on any atom is -0.493 e. The van der Waals surface area contributed by atoms with Crippen LogP contribution in [-0.2, 0) is 16.1 Å². The minimum atomic E-state index is -0.609. The Morgan fingerprint density at radius 1 is 1.07 bits per heavy atom. The maximum atomic E-state index is 12.2. The van der Waals surface area contributed by atoms with Gasteiger partial charge in [0.05, 0.1) is 12.7 Å². The van der Waals surface area contributed by atoms with Crippen molar-refractivity contribution in [1.82, 2.24) is 10.1 Å². The molecule has 1 heterocycles. The molecule has 138 valence electrons. The van der Waals surface area contributed by atoms with E-state index in [0.717, 1.165) is 5.56 Å². The largest absolute Gasteiger partial charge is 0.493 e. The Hall–Kier alpha value is -3.68. The monoisotopic (exact) mass is 368 g/mol. The third-order valence-electron chi connectivity index (χ3n) is 3.48. The van der Waals surface area contributed by atoms with E-state index in [1.807, 2.05) is 30.3 Å². The van der Waals surface area contributed by atoms with Gasteiger partial charge in [0, 0.05) is 12.5 Å². The Morgan fingerprint density at radius 2 is 1.85 bits per heavy atom. The Balaban J connectivity index is 1.66. The van der Waals surface area contributed by atoms with E-state index in [9.17, 15) is 9.59 Å². The summed E-state index contributed by atoms with van der Waals surface area (Å²) in [6, 6.07) is 13.6. The Kier molecular flexibility index (Phi) is 5.46. The molecule has 2 aromatic carbocycles. The summed E-state index contributed by atoms with van der Waals surface area (Å²) >= 11 is 0. The van der Waals surface area contributed by atoms with E-state index in [1.165, 1.54) is 32.2 Å². The van der Waals surface area contributed by atoms with Gasteiger partial charge in [0.25, 0.3) is 5.89 Å². The Morgan fingerprint density at radius 3 is 2.56 bits per heavy atom. The first-order valence-electron chi connectivity index (χ1n) is 7.98. The van der Waals surface area contributed by atoms with Gasteiger partial charge in [-0.2, -0.15) is 4.98 Å². The number of nitrogens with zero attached hydrogens (tertiary/aromatic N) is 2. The summed E-state index contributed by atoms with van der Waals surface area (Å²) in [4.78, 5) is 27.5. The highest BCUT2D eigenvalue weighted by atomic mass is 16.6. The number of methoxy groups -OCH3 is 1. The number of esters is 2. The molecular formula is C19H16N2O6. The van der Waals surface area contributed by atoms with Gasteiger partial charge in [0.2, 0.25) is 5.82 Å². The van der Waals surface area contributed by atoms with Crippen LogP contribution in [-0.4, -0.2) is 29.2 Å². The van der Waals surface area contributed by atoms with Crippen molar-refractivity contribution in [2.75, 3.05) is 7.11 Å². The van der Waals surface area contributed by atoms with Gasteiger partial charge < -0.3 is 18.7 Å². The van der Waals surface area contributed by atoms with E-state index >= 15 is 0 Å². The van der Waals surface area contributed by atoms with Crippen molar-refractivity contribution in [3.8, 4) is 22.9 Å². The van der Waals surface area contributed by atoms with Crippen molar-refractivity contribution < 1.29 is 28.3 Å². The lowest BCUT2D eigenvalue weighted by Crippen LogP contribution is -2.07. The molecule has 3 rings (SSSR count). The molecule has 27 heavy (non-hydrogen) atoms. The summed E-state index contributed by atoms with van der Waals surface area (Å²) in [5.74, 6) is -0.0640. The first kappa shape index (κ1) is 18.1. The molecule has 0 saturated heterocycles. The molecule has 8 heteroatoms. The van der Waals surface area contributed by atoms with Crippen LogP contribution < -0.4 is 9.47 Å². The van der Waals surface area contributed by atoms with Gasteiger partial charge >= 0.3 is 11.9 Å². The molecule has 0 aliphatic heterocycles. The zero-order chi connectivity index (χ0) is 19.2. The highest BCUT2D eigenvalue weighted by molar-refractivity contribution is 5.90. The summed E-state index contributed by atoms with van der Waals surface area (Å²) in [7, 11) is 1.40. The number of carbonyl (C=O) groups is 2. The topological polar surface area (TPSA) is 101 Å². The second kappa shape index (κ2) is 8.13. The van der Waals surface area contributed by atoms with Crippen LogP contribution in [0.2, 0.25) is 0 Å². The fourth-order valence-electron chi connectivity index (χ4n) is 2.26. The van der Waals surface area contributed by atoms with Crippen molar-refractivity contribution in [3.63, 3.8) is 0 Å². The summed E-state index contributed by atoms with van der Waals surface area (Å²) in [6.45, 7) is 1.10. The van der Waals surface area contributed by atoms with Gasteiger partial charge in [-0.1, -0.05) is 35.5 Å². The molecule has 0 atom stereocenters. The lowest BCUT2D eigenvalue weighted by atomic mass is 10.2. The van der Waals surface area contributed by atoms with Gasteiger partial charge in [0.15, 0.2) is 18.1 Å². The number of rotatable bonds is 6. The van der Waals surface area contributed by atoms with E-state index in [0.29, 0.717) is 5.82 Å². The van der Waals surface area contributed by atoms with Gasteiger partial charge in [-0.3, -0.25) is 4.79 Å². The van der Waals surface area contributed by atoms with Crippen LogP contribution in [0.15, 0.2) is 53.1 Å². The Labute approximate surface area is 154 Å². The lowest BCUT2D eigenvalue weighted by molar-refractivity contribution is -0.132. The molecule has 0 bridgehead atoms. The maximum Gasteiger partial charge on any atom is 0.338 e. The van der Waals surface area contributed by atoms with Gasteiger partial charge in [-0.15, -0.1) is 0 Å². The predicted octanol–water partition coefficient (Wildman–Crippen LogP) is 3.03. The van der Waals surface area contributed by atoms with Crippen LogP contribution in [0.4, 0.5) is 0 Å². The molecule has 0 fully saturated rings. The number of hydrogen-bond acceptors (Lipinski definition) is 8. The smallest absolute Gasteiger partial charge is 0.338 e. The Bertz CT molecular complexity index is 952. The normalized spacial score (nSPS) is 10.3. The molecule has 0 aliphatic carbocycles. The number of carbonyl (C=O) groups excluding carboxylic acids is 2. The predicted molar refractivity (Wildman–Crippen MR) is 93.2 cm³/mol. The van der Waals surface area contributed by atoms with Crippen LogP contribution in [0, 0.1) is 0 Å². The van der Waals surface area contributed by atoms with Crippen molar-refractivity contribution in [2.45, 2.75) is 13.5 Å². The standard InChI is InChI=1S/C19H16N2O6/c1-12(22)26-15-9-8-14(10-16(15)24-2)19(23)25-11-17-20-18(21-27-17)13-6-4-3-5-7-13/h3-10H,11H2,1-2H3. The molecule has 0 N–H and O–H groups in total. The first-order valence-corrected chi connectivity index (χ1v) is 7.98. The van der Waals surface area contributed by atoms with Crippen LogP contribution in [0.25, 0.3) is 11.4 Å². The SMILES string of the molecule is COc1cc(C(=O)OCc2nc(-c3ccccc3)no2)ccc1OC(C)=O. The summed E-state index contributed by atoms with van der Waals surface area (Å²) in [5, 5.41) is 3.86. The van der Waals surface area contributed by atoms with Crippen LogP contribution in [0.5, 0.6) is 11.5 Å². The van der Waals surface area contributed by atoms with Crippen molar-refractivity contribution in [2.24, 2.45) is 0 Å². The van der Waals surface area contributed by atoms with Gasteiger partial charge in [0.1, 0.15) is 0 Å². The fourth-order valence-corrected chi connectivity index (χ4v) is 2.26. The van der Waals surface area contributed by atoms with Gasteiger partial charge in [-0.05, 0) is 18.2 Å². The van der Waals surface area contributed by atoms with Crippen LogP contribution >= 0.6 is 0 Å². The van der Waals surface area contributed by atoms with E-state index in [2.05, 4.69) is 10.1 Å². The van der Waals surface area contributed by atoms with Crippen LogP contribution in [0.3, 0.4) is 0 Å². The van der Waals surface area contributed by atoms with E-state index in [4.69, 9.17) is 18.7 Å². The van der Waals surface area contributed by atoms with E-state index in [1.54, 1.807) is 0 Å². The molecule has 8 nitrogen and oxygen atoms in total. The molecule has 0 amide bonds. The van der Waals surface area contributed by atoms with E-state index in [-0.39, 0.29) is 29.6 Å². The average molecular weight is 368 g/mol. The lowest BCUT2D eigenvalue weighted by Gasteiger charge is -2.09. The molecule has 0 aliphatic rings. The third-order valence-corrected chi connectivity index (χ3v) is 3.48. The maximum absolute atomic E-state index is 12.2. The average Bonchev–Trinajstić information content (AvgIpc) is 3.16. The number of aromatic nitrogens is 2. The molecule has 0 saturated carbocycles.